The number of para-hydroxylation sites is 2. The quantitative estimate of drug-likeness (QED) is 0.0937. The lowest BCUT2D eigenvalue weighted by atomic mass is 9.80. The van der Waals surface area contributed by atoms with Crippen molar-refractivity contribution < 1.29 is 9.31 Å². The summed E-state index contributed by atoms with van der Waals surface area (Å²) in [5.41, 5.74) is 8.80. The predicted molar refractivity (Wildman–Crippen MR) is 223 cm³/mol. The smallest absolute Gasteiger partial charge is 0.209 e. The average molecular weight is 758 g/mol. The van der Waals surface area contributed by atoms with Crippen LogP contribution in [-0.4, -0.2) is 75.6 Å². The summed E-state index contributed by atoms with van der Waals surface area (Å²) in [5.74, 6) is 0.314. The predicted octanol–water partition coefficient (Wildman–Crippen LogP) is 8.25. The zero-order valence-corrected chi connectivity index (χ0v) is 34.5. The van der Waals surface area contributed by atoms with E-state index in [1.54, 1.807) is 0 Å². The van der Waals surface area contributed by atoms with E-state index in [1.807, 2.05) is 49.5 Å². The van der Waals surface area contributed by atoms with Crippen molar-refractivity contribution in [3.05, 3.63) is 125 Å². The van der Waals surface area contributed by atoms with Crippen molar-refractivity contribution in [2.24, 2.45) is 0 Å². The van der Waals surface area contributed by atoms with E-state index in [2.05, 4.69) is 137 Å². The van der Waals surface area contributed by atoms with Gasteiger partial charge in [0, 0.05) is 58.8 Å². The molecule has 5 heterocycles. The van der Waals surface area contributed by atoms with Gasteiger partial charge in [-0.05, 0) is 91.9 Å². The molecule has 0 N–H and O–H groups in total. The lowest BCUT2D eigenvalue weighted by Crippen LogP contribution is -2.59. The Labute approximate surface area is 332 Å². The molecule has 296 valence electrons. The molecule has 1 unspecified atom stereocenters. The van der Waals surface area contributed by atoms with Crippen molar-refractivity contribution in [3.8, 4) is 0 Å². The van der Waals surface area contributed by atoms with E-state index in [0.29, 0.717) is 38.5 Å². The molecule has 11 heteroatoms. The van der Waals surface area contributed by atoms with E-state index in [0.717, 1.165) is 37.3 Å². The first-order chi connectivity index (χ1) is 26.8. The number of fused-ring (bicyclic) bond motifs is 2. The molecular weight excluding hydrogens is 699 g/mol. The van der Waals surface area contributed by atoms with Crippen molar-refractivity contribution >= 4 is 17.1 Å². The summed E-state index contributed by atoms with van der Waals surface area (Å²) in [5, 5.41) is 31.4. The molecule has 3 aliphatic rings. The lowest BCUT2D eigenvalue weighted by molar-refractivity contribution is -0.433. The topological polar surface area (TPSA) is 103 Å². The number of hydrogen-bond donors (Lipinski definition) is 0. The summed E-state index contributed by atoms with van der Waals surface area (Å²) in [6, 6.07) is 17.5. The van der Waals surface area contributed by atoms with Gasteiger partial charge in [-0.3, -0.25) is 9.36 Å². The zero-order chi connectivity index (χ0) is 39.7. The fourth-order valence-corrected chi connectivity index (χ4v) is 9.15. The lowest BCUT2D eigenvalue weighted by Gasteiger charge is -2.59. The van der Waals surface area contributed by atoms with Crippen LogP contribution in [0.5, 0.6) is 0 Å². The van der Waals surface area contributed by atoms with Crippen LogP contribution >= 0.6 is 0 Å². The Hall–Kier alpha value is -4.71. The number of piperidine rings is 1. The van der Waals surface area contributed by atoms with E-state index < -0.39 is 11.1 Å². The van der Waals surface area contributed by atoms with Crippen LogP contribution in [0.15, 0.2) is 97.0 Å². The number of nitrogens with zero attached hydrogens (tertiary/aromatic N) is 9. The summed E-state index contributed by atoms with van der Waals surface area (Å²) in [6.07, 6.45) is 18.2. The molecule has 7 rings (SSSR count). The van der Waals surface area contributed by atoms with Crippen LogP contribution in [0.4, 0.5) is 11.4 Å². The third-order valence-corrected chi connectivity index (χ3v) is 11.9. The van der Waals surface area contributed by atoms with Gasteiger partial charge in [0.15, 0.2) is 5.71 Å². The maximum Gasteiger partial charge on any atom is 0.209 e. The number of hydrogen-bond acceptors (Lipinski definition) is 8. The number of hydroxylamine groups is 2. The Morgan fingerprint density at radius 1 is 0.839 bits per heavy atom. The third kappa shape index (κ3) is 8.08. The number of benzene rings is 2. The van der Waals surface area contributed by atoms with Crippen molar-refractivity contribution in [1.82, 2.24) is 35.1 Å². The Morgan fingerprint density at radius 3 is 2.23 bits per heavy atom. The van der Waals surface area contributed by atoms with Gasteiger partial charge in [0.05, 0.1) is 43.1 Å². The van der Waals surface area contributed by atoms with Crippen molar-refractivity contribution in [2.45, 2.75) is 129 Å². The summed E-state index contributed by atoms with van der Waals surface area (Å²) >= 11 is 0. The molecule has 0 spiro atoms. The molecule has 11 nitrogen and oxygen atoms in total. The van der Waals surface area contributed by atoms with Gasteiger partial charge in [0.25, 0.3) is 0 Å². The van der Waals surface area contributed by atoms with Crippen molar-refractivity contribution in [1.29, 1.82) is 0 Å². The molecule has 0 bridgehead atoms. The number of aromatic nitrogens is 6. The number of aryl methyl sites for hydroxylation is 3. The van der Waals surface area contributed by atoms with Crippen molar-refractivity contribution in [2.75, 3.05) is 18.0 Å². The van der Waals surface area contributed by atoms with Crippen LogP contribution in [0, 0.1) is 5.21 Å². The second kappa shape index (κ2) is 16.0. The SMILES string of the molecule is CC[N+]1=C(/C=C/C=C/C=C2/C(C)c3ccccc3N2CCCc2cn(CCn3cc(COC4CC(C)(C)N([O-])C(C)(C)C4)nn3)nn2)C(C)(C)c2ccccc21. The molecule has 2 aromatic heterocycles. The Balaban J connectivity index is 0.919. The van der Waals surface area contributed by atoms with Gasteiger partial charge in [-0.2, -0.15) is 4.58 Å². The molecule has 2 aromatic carbocycles. The first kappa shape index (κ1) is 39.5. The number of anilines is 1. The molecule has 0 aliphatic carbocycles. The highest BCUT2D eigenvalue weighted by atomic mass is 16.5. The molecule has 0 saturated carbocycles. The van der Waals surface area contributed by atoms with Crippen LogP contribution in [-0.2, 0) is 36.3 Å². The number of allylic oxidation sites excluding steroid dienone is 6. The highest BCUT2D eigenvalue weighted by Gasteiger charge is 2.43. The average Bonchev–Trinajstić information content (AvgIpc) is 3.93. The fraction of sp³-hybridized carbons (Fsp3) is 0.489. The first-order valence-corrected chi connectivity index (χ1v) is 20.3. The molecule has 1 fully saturated rings. The number of ether oxygens (including phenoxy) is 1. The van der Waals surface area contributed by atoms with E-state index in [1.165, 1.54) is 39.0 Å². The molecule has 56 heavy (non-hydrogen) atoms. The van der Waals surface area contributed by atoms with Crippen LogP contribution in [0.3, 0.4) is 0 Å². The minimum atomic E-state index is -0.465. The molecule has 3 aliphatic heterocycles. The molecular formula is C45H59N9O2. The van der Waals surface area contributed by atoms with Crippen molar-refractivity contribution in [3.63, 3.8) is 0 Å². The van der Waals surface area contributed by atoms with E-state index in [4.69, 9.17) is 4.74 Å². The molecule has 1 atom stereocenters. The maximum absolute atomic E-state index is 12.7. The molecule has 4 aromatic rings. The normalized spacial score (nSPS) is 21.3. The largest absolute Gasteiger partial charge is 0.784 e. The monoisotopic (exact) mass is 757 g/mol. The van der Waals surface area contributed by atoms with Crippen LogP contribution in [0.1, 0.15) is 103 Å². The van der Waals surface area contributed by atoms with Gasteiger partial charge in [-0.1, -0.05) is 72.0 Å². The van der Waals surface area contributed by atoms with E-state index >= 15 is 0 Å². The Bertz CT molecular complexity index is 2120. The fourth-order valence-electron chi connectivity index (χ4n) is 9.15. The highest BCUT2D eigenvalue weighted by Crippen LogP contribution is 2.44. The highest BCUT2D eigenvalue weighted by molar-refractivity contribution is 6.03. The second-order valence-corrected chi connectivity index (χ2v) is 17.3. The van der Waals surface area contributed by atoms with Gasteiger partial charge in [-0.15, -0.1) is 10.2 Å². The Morgan fingerprint density at radius 2 is 1.50 bits per heavy atom. The second-order valence-electron chi connectivity index (χ2n) is 17.3. The van der Waals surface area contributed by atoms with Gasteiger partial charge in [0.2, 0.25) is 5.69 Å². The zero-order valence-electron chi connectivity index (χ0n) is 34.5. The molecule has 0 amide bonds. The molecule has 0 radical (unpaired) electrons. The minimum Gasteiger partial charge on any atom is -0.784 e. The Kier molecular flexibility index (Phi) is 11.3. The van der Waals surface area contributed by atoms with Gasteiger partial charge in [0.1, 0.15) is 12.2 Å². The maximum atomic E-state index is 12.7. The van der Waals surface area contributed by atoms with E-state index in [9.17, 15) is 5.21 Å². The van der Waals surface area contributed by atoms with Gasteiger partial charge >= 0.3 is 0 Å². The minimum absolute atomic E-state index is 0.0000979. The summed E-state index contributed by atoms with van der Waals surface area (Å²) < 4.78 is 12.4. The first-order valence-electron chi connectivity index (χ1n) is 20.3. The number of rotatable bonds is 14. The van der Waals surface area contributed by atoms with Crippen LogP contribution in [0.25, 0.3) is 0 Å². The van der Waals surface area contributed by atoms with Crippen LogP contribution in [0.2, 0.25) is 0 Å². The van der Waals surface area contributed by atoms with E-state index in [-0.39, 0.29) is 11.5 Å². The molecule has 1 saturated heterocycles. The van der Waals surface area contributed by atoms with Crippen LogP contribution < -0.4 is 4.90 Å². The summed E-state index contributed by atoms with van der Waals surface area (Å²) in [4.78, 5) is 2.48. The van der Waals surface area contributed by atoms with Gasteiger partial charge in [-0.25, -0.2) is 0 Å². The van der Waals surface area contributed by atoms with Gasteiger partial charge < -0.3 is 19.9 Å². The third-order valence-electron chi connectivity index (χ3n) is 11.9. The summed E-state index contributed by atoms with van der Waals surface area (Å²) in [7, 11) is 0. The summed E-state index contributed by atoms with van der Waals surface area (Å²) in [6.45, 7) is 20.6. The standard InChI is InChI=1S/C45H59N9O2/c1-9-52-41-23-16-14-20-38(41)45(7,8)42(52)24-12-10-11-21-39-33(2)37-19-13-15-22-40(37)53(39)25-17-18-34-30-50(48-46-34)26-27-51-31-35(47-49-51)32-56-36-28-43(3,4)54(55)44(5,6)29-36/h10-16,19-24,30-31,33,36H,9,17-18,25-29,32H2,1-8H3.